The fraction of sp³-hybridized carbons (Fsp3) is 0. The first-order chi connectivity index (χ1) is 29.4. The number of carboxylic acids is 2. The molecular weight excluding hydrogens is 745 g/mol. The van der Waals surface area contributed by atoms with Crippen molar-refractivity contribution < 1.29 is 29.3 Å². The molecule has 10 rings (SSSR count). The van der Waals surface area contributed by atoms with E-state index in [0.717, 1.165) is 43.4 Å². The number of ether oxygens (including phenoxy) is 2. The molecule has 0 aromatic heterocycles. The fourth-order valence-corrected chi connectivity index (χ4v) is 8.37. The van der Waals surface area contributed by atoms with Crippen LogP contribution in [0.25, 0.3) is 76.5 Å². The van der Waals surface area contributed by atoms with Crippen molar-refractivity contribution in [1.82, 2.24) is 0 Å². The lowest BCUT2D eigenvalue weighted by Gasteiger charge is -2.23. The van der Waals surface area contributed by atoms with Crippen LogP contribution >= 0.6 is 0 Å². The van der Waals surface area contributed by atoms with Gasteiger partial charge in [-0.3, -0.25) is 0 Å². The molecule has 0 fully saturated rings. The van der Waals surface area contributed by atoms with Gasteiger partial charge in [-0.05, 0) is 67.7 Å². The number of carboxylic acid groups (broad SMARTS) is 2. The Hall–Kier alpha value is -8.22. The molecule has 0 heterocycles. The molecule has 2 N–H and O–H groups in total. The zero-order valence-electron chi connectivity index (χ0n) is 32.0. The lowest BCUT2D eigenvalue weighted by molar-refractivity contribution is 0.0685. The lowest BCUT2D eigenvalue weighted by atomic mass is 9.91. The highest BCUT2D eigenvalue weighted by Gasteiger charge is 2.28. The largest absolute Gasteiger partial charge is 0.478 e. The third-order valence-electron chi connectivity index (χ3n) is 11.1. The number of benzene rings is 10. The number of hydrogen-bond donors (Lipinski definition) is 2. The molecule has 0 bridgehead atoms. The van der Waals surface area contributed by atoms with Crippen LogP contribution < -0.4 is 9.47 Å². The SMILES string of the molecule is O=C(O)c1c(Oc2ccc3ccccc3c2-c2c(Oc3c(-c4ccccc4)cc4ccccc4c3C(=O)O)ccc3ccccc23)c(-c2ccccc2)cc2ccccc12. The summed E-state index contributed by atoms with van der Waals surface area (Å²) in [7, 11) is 0. The molecule has 0 atom stereocenters. The van der Waals surface area contributed by atoms with Crippen molar-refractivity contribution in [2.45, 2.75) is 0 Å². The Morgan fingerprint density at radius 2 is 0.683 bits per heavy atom. The molecule has 0 aliphatic carbocycles. The van der Waals surface area contributed by atoms with Gasteiger partial charge in [0, 0.05) is 33.0 Å². The first kappa shape index (κ1) is 36.1. The summed E-state index contributed by atoms with van der Waals surface area (Å²) in [4.78, 5) is 26.8. The van der Waals surface area contributed by atoms with Gasteiger partial charge in [0.25, 0.3) is 0 Å². The second-order valence-corrected chi connectivity index (χ2v) is 14.6. The van der Waals surface area contributed by atoms with Gasteiger partial charge in [-0.1, -0.05) is 170 Å². The highest BCUT2D eigenvalue weighted by atomic mass is 16.5. The monoisotopic (exact) mass is 778 g/mol. The molecular formula is C54H34O6. The minimum atomic E-state index is -1.12. The molecule has 286 valence electrons. The lowest BCUT2D eigenvalue weighted by Crippen LogP contribution is -2.05. The van der Waals surface area contributed by atoms with Crippen molar-refractivity contribution in [2.24, 2.45) is 0 Å². The van der Waals surface area contributed by atoms with Gasteiger partial charge in [0.2, 0.25) is 0 Å². The van der Waals surface area contributed by atoms with Crippen molar-refractivity contribution in [3.8, 4) is 56.4 Å². The van der Waals surface area contributed by atoms with Gasteiger partial charge in [0.05, 0.1) is 0 Å². The Kier molecular flexibility index (Phi) is 9.00. The average molecular weight is 779 g/mol. The Morgan fingerprint density at radius 1 is 0.350 bits per heavy atom. The first-order valence-electron chi connectivity index (χ1n) is 19.5. The van der Waals surface area contributed by atoms with Gasteiger partial charge in [-0.15, -0.1) is 0 Å². The molecule has 0 saturated carbocycles. The van der Waals surface area contributed by atoms with Gasteiger partial charge in [-0.2, -0.15) is 0 Å². The quantitative estimate of drug-likeness (QED) is 0.152. The Balaban J connectivity index is 1.28. The number of fused-ring (bicyclic) bond motifs is 4. The Bertz CT molecular complexity index is 3090. The number of hydrogen-bond acceptors (Lipinski definition) is 4. The molecule has 0 unspecified atom stereocenters. The summed E-state index contributed by atoms with van der Waals surface area (Å²) in [6.07, 6.45) is 0. The number of carbonyl (C=O) groups is 2. The van der Waals surface area contributed by atoms with Crippen molar-refractivity contribution in [1.29, 1.82) is 0 Å². The fourth-order valence-electron chi connectivity index (χ4n) is 8.37. The molecule has 0 amide bonds. The molecule has 60 heavy (non-hydrogen) atoms. The summed E-state index contributed by atoms with van der Waals surface area (Å²) in [5.41, 5.74) is 4.21. The van der Waals surface area contributed by atoms with Crippen LogP contribution in [0.2, 0.25) is 0 Å². The second kappa shape index (κ2) is 14.9. The Morgan fingerprint density at radius 3 is 1.07 bits per heavy atom. The van der Waals surface area contributed by atoms with E-state index >= 15 is 0 Å². The van der Waals surface area contributed by atoms with Crippen molar-refractivity contribution in [3.05, 3.63) is 205 Å². The number of rotatable bonds is 9. The maximum Gasteiger partial charge on any atom is 0.340 e. The summed E-state index contributed by atoms with van der Waals surface area (Å²) in [5, 5.41) is 28.0. The van der Waals surface area contributed by atoms with E-state index in [0.29, 0.717) is 44.5 Å². The summed E-state index contributed by atoms with van der Waals surface area (Å²) in [5.74, 6) is -1.07. The molecule has 6 nitrogen and oxygen atoms in total. The van der Waals surface area contributed by atoms with Gasteiger partial charge < -0.3 is 19.7 Å². The molecule has 10 aromatic carbocycles. The standard InChI is InChI=1S/C54H34O6/c55-53(56)49-41-25-13-9-21-37(41)31-43(33-15-3-1-4-16-33)51(49)59-45-29-27-35-19-7-11-23-39(35)47(45)48-40-24-12-8-20-36(40)28-30-46(48)60-52-44(34-17-5-2-6-18-34)32-38-22-10-14-26-42(38)50(52)54(57)58/h1-32H,(H,55,56)(H,57,58). The molecule has 0 aliphatic heterocycles. The predicted octanol–water partition coefficient (Wildman–Crippen LogP) is 14.3. The summed E-state index contributed by atoms with van der Waals surface area (Å²) < 4.78 is 14.2. The zero-order chi connectivity index (χ0) is 40.7. The van der Waals surface area contributed by atoms with Crippen LogP contribution in [0.1, 0.15) is 20.7 Å². The van der Waals surface area contributed by atoms with Crippen LogP contribution in [-0.4, -0.2) is 22.2 Å². The maximum atomic E-state index is 13.4. The maximum absolute atomic E-state index is 13.4. The molecule has 0 radical (unpaired) electrons. The van der Waals surface area contributed by atoms with Crippen LogP contribution in [0.3, 0.4) is 0 Å². The third-order valence-corrected chi connectivity index (χ3v) is 11.1. The first-order valence-corrected chi connectivity index (χ1v) is 19.5. The van der Waals surface area contributed by atoms with Crippen LogP contribution in [0.4, 0.5) is 0 Å². The summed E-state index contributed by atoms with van der Waals surface area (Å²) in [6.45, 7) is 0. The van der Waals surface area contributed by atoms with E-state index in [2.05, 4.69) is 0 Å². The minimum absolute atomic E-state index is 0.0372. The van der Waals surface area contributed by atoms with E-state index in [4.69, 9.17) is 9.47 Å². The van der Waals surface area contributed by atoms with E-state index in [1.165, 1.54) is 0 Å². The van der Waals surface area contributed by atoms with E-state index < -0.39 is 11.9 Å². The molecule has 10 aromatic rings. The van der Waals surface area contributed by atoms with Crippen LogP contribution in [0.5, 0.6) is 23.0 Å². The normalized spacial score (nSPS) is 11.3. The predicted molar refractivity (Wildman–Crippen MR) is 240 cm³/mol. The second-order valence-electron chi connectivity index (χ2n) is 14.6. The van der Waals surface area contributed by atoms with Crippen molar-refractivity contribution in [2.75, 3.05) is 0 Å². The zero-order valence-corrected chi connectivity index (χ0v) is 32.0. The molecule has 6 heteroatoms. The van der Waals surface area contributed by atoms with E-state index in [-0.39, 0.29) is 22.6 Å². The van der Waals surface area contributed by atoms with Crippen LogP contribution in [0.15, 0.2) is 194 Å². The average Bonchev–Trinajstić information content (AvgIpc) is 3.29. The van der Waals surface area contributed by atoms with Crippen molar-refractivity contribution in [3.63, 3.8) is 0 Å². The Labute approximate surface area is 344 Å². The van der Waals surface area contributed by atoms with Crippen LogP contribution in [-0.2, 0) is 0 Å². The summed E-state index contributed by atoms with van der Waals surface area (Å²) >= 11 is 0. The van der Waals surface area contributed by atoms with E-state index in [1.807, 2.05) is 182 Å². The third kappa shape index (κ3) is 6.24. The van der Waals surface area contributed by atoms with E-state index in [9.17, 15) is 19.8 Å². The molecule has 0 spiro atoms. The van der Waals surface area contributed by atoms with Gasteiger partial charge in [0.15, 0.2) is 0 Å². The number of aromatic carboxylic acids is 2. The van der Waals surface area contributed by atoms with Gasteiger partial charge >= 0.3 is 11.9 Å². The van der Waals surface area contributed by atoms with E-state index in [1.54, 1.807) is 12.1 Å². The van der Waals surface area contributed by atoms with Crippen molar-refractivity contribution >= 4 is 55.0 Å². The van der Waals surface area contributed by atoms with Gasteiger partial charge in [-0.25, -0.2) is 9.59 Å². The van der Waals surface area contributed by atoms with Crippen LogP contribution in [0, 0.1) is 0 Å². The minimum Gasteiger partial charge on any atom is -0.478 e. The molecule has 0 aliphatic rings. The highest BCUT2D eigenvalue weighted by Crippen LogP contribution is 2.51. The highest BCUT2D eigenvalue weighted by molar-refractivity contribution is 6.13. The topological polar surface area (TPSA) is 93.1 Å². The summed E-state index contributed by atoms with van der Waals surface area (Å²) in [6, 6.07) is 61.6. The molecule has 0 saturated heterocycles. The van der Waals surface area contributed by atoms with Gasteiger partial charge in [0.1, 0.15) is 34.1 Å². The smallest absolute Gasteiger partial charge is 0.340 e.